The van der Waals surface area contributed by atoms with E-state index in [1.54, 1.807) is 12.1 Å². The number of hydrogen-bond acceptors (Lipinski definition) is 2. The molecule has 0 radical (unpaired) electrons. The Morgan fingerprint density at radius 1 is 1.31 bits per heavy atom. The molecule has 0 aromatic heterocycles. The maximum absolute atomic E-state index is 9.07. The molecule has 1 rings (SSSR count). The van der Waals surface area contributed by atoms with E-state index < -0.39 is 0 Å². The predicted octanol–water partition coefficient (Wildman–Crippen LogP) is 1.93. The van der Waals surface area contributed by atoms with Crippen molar-refractivity contribution in [1.29, 1.82) is 0 Å². The number of rotatable bonds is 4. The Morgan fingerprint density at radius 2 is 1.92 bits per heavy atom. The molecule has 0 aliphatic carbocycles. The van der Waals surface area contributed by atoms with E-state index >= 15 is 0 Å². The molecule has 0 aliphatic heterocycles. The monoisotopic (exact) mass is 179 g/mol. The molecule has 13 heavy (non-hydrogen) atoms. The Kier molecular flexibility index (Phi) is 3.77. The maximum atomic E-state index is 9.07. The summed E-state index contributed by atoms with van der Waals surface area (Å²) in [5.41, 5.74) is 1.28. The summed E-state index contributed by atoms with van der Waals surface area (Å²) >= 11 is 0. The van der Waals surface area contributed by atoms with Crippen molar-refractivity contribution >= 4 is 0 Å². The molecule has 0 amide bonds. The second kappa shape index (κ2) is 4.87. The van der Waals surface area contributed by atoms with Crippen LogP contribution in [-0.4, -0.2) is 18.2 Å². The average Bonchev–Trinajstić information content (AvgIpc) is 2.16. The molecular formula is C11H17NO. The van der Waals surface area contributed by atoms with Crippen molar-refractivity contribution < 1.29 is 5.11 Å². The first-order valence-electron chi connectivity index (χ1n) is 4.67. The lowest BCUT2D eigenvalue weighted by Gasteiger charge is -2.09. The number of benzene rings is 1. The summed E-state index contributed by atoms with van der Waals surface area (Å²) in [6.45, 7) is 2.17. The summed E-state index contributed by atoms with van der Waals surface area (Å²) in [7, 11) is 1.97. The smallest absolute Gasteiger partial charge is 0.115 e. The Balaban J connectivity index is 2.41. The van der Waals surface area contributed by atoms with Crippen LogP contribution in [0.2, 0.25) is 0 Å². The highest BCUT2D eigenvalue weighted by atomic mass is 16.3. The van der Waals surface area contributed by atoms with Crippen LogP contribution in [0.3, 0.4) is 0 Å². The third-order valence-corrected chi connectivity index (χ3v) is 2.30. The van der Waals surface area contributed by atoms with Crippen LogP contribution < -0.4 is 5.32 Å². The molecule has 2 nitrogen and oxygen atoms in total. The van der Waals surface area contributed by atoms with Gasteiger partial charge in [0.15, 0.2) is 0 Å². The standard InChI is InChI=1S/C11H17NO/c1-9(12-2)3-4-10-5-7-11(13)8-6-10/h5-9,12-13H,3-4H2,1-2H3. The zero-order valence-electron chi connectivity index (χ0n) is 8.25. The minimum atomic E-state index is 0.338. The van der Waals surface area contributed by atoms with Crippen molar-refractivity contribution in [2.24, 2.45) is 0 Å². The number of nitrogens with one attached hydrogen (secondary N) is 1. The Morgan fingerprint density at radius 3 is 2.46 bits per heavy atom. The van der Waals surface area contributed by atoms with E-state index in [9.17, 15) is 0 Å². The molecule has 2 heteroatoms. The highest BCUT2D eigenvalue weighted by molar-refractivity contribution is 5.25. The van der Waals surface area contributed by atoms with E-state index in [2.05, 4.69) is 12.2 Å². The quantitative estimate of drug-likeness (QED) is 0.740. The second-order valence-corrected chi connectivity index (χ2v) is 3.39. The van der Waals surface area contributed by atoms with Crippen molar-refractivity contribution in [1.82, 2.24) is 5.32 Å². The minimum Gasteiger partial charge on any atom is -0.508 e. The molecule has 2 N–H and O–H groups in total. The molecule has 1 aromatic carbocycles. The summed E-state index contributed by atoms with van der Waals surface area (Å²) in [5.74, 6) is 0.338. The van der Waals surface area contributed by atoms with Gasteiger partial charge in [-0.1, -0.05) is 12.1 Å². The van der Waals surface area contributed by atoms with Crippen LogP contribution in [0.5, 0.6) is 5.75 Å². The van der Waals surface area contributed by atoms with Gasteiger partial charge < -0.3 is 10.4 Å². The normalized spacial score (nSPS) is 12.8. The Hall–Kier alpha value is -1.02. The zero-order chi connectivity index (χ0) is 9.68. The fourth-order valence-corrected chi connectivity index (χ4v) is 1.19. The van der Waals surface area contributed by atoms with Gasteiger partial charge in [0.1, 0.15) is 5.75 Å². The van der Waals surface area contributed by atoms with Gasteiger partial charge in [0.05, 0.1) is 0 Å². The molecule has 0 spiro atoms. The lowest BCUT2D eigenvalue weighted by molar-refractivity contribution is 0.475. The highest BCUT2D eigenvalue weighted by Gasteiger charge is 1.98. The van der Waals surface area contributed by atoms with Gasteiger partial charge in [-0.25, -0.2) is 0 Å². The largest absolute Gasteiger partial charge is 0.508 e. The van der Waals surface area contributed by atoms with Gasteiger partial charge in [0.2, 0.25) is 0 Å². The van der Waals surface area contributed by atoms with Crippen LogP contribution in [-0.2, 0) is 6.42 Å². The fourth-order valence-electron chi connectivity index (χ4n) is 1.19. The van der Waals surface area contributed by atoms with Crippen molar-refractivity contribution in [2.75, 3.05) is 7.05 Å². The van der Waals surface area contributed by atoms with Gasteiger partial charge in [0, 0.05) is 6.04 Å². The van der Waals surface area contributed by atoms with E-state index in [-0.39, 0.29) is 0 Å². The number of hydrogen-bond donors (Lipinski definition) is 2. The lowest BCUT2D eigenvalue weighted by atomic mass is 10.1. The Bertz CT molecular complexity index is 243. The molecule has 0 fully saturated rings. The van der Waals surface area contributed by atoms with Crippen LogP contribution in [0.25, 0.3) is 0 Å². The first kappa shape index (κ1) is 10.1. The van der Waals surface area contributed by atoms with Gasteiger partial charge in [-0.2, -0.15) is 0 Å². The van der Waals surface area contributed by atoms with E-state index in [0.717, 1.165) is 12.8 Å². The van der Waals surface area contributed by atoms with Gasteiger partial charge >= 0.3 is 0 Å². The molecule has 0 aliphatic rings. The number of aryl methyl sites for hydroxylation is 1. The lowest BCUT2D eigenvalue weighted by Crippen LogP contribution is -2.21. The first-order valence-corrected chi connectivity index (χ1v) is 4.67. The van der Waals surface area contributed by atoms with Crippen molar-refractivity contribution in [3.63, 3.8) is 0 Å². The summed E-state index contributed by atoms with van der Waals surface area (Å²) in [5, 5.41) is 12.3. The number of phenols is 1. The third kappa shape index (κ3) is 3.47. The highest BCUT2D eigenvalue weighted by Crippen LogP contribution is 2.11. The van der Waals surface area contributed by atoms with E-state index in [1.807, 2.05) is 19.2 Å². The molecule has 1 unspecified atom stereocenters. The van der Waals surface area contributed by atoms with Crippen LogP contribution >= 0.6 is 0 Å². The minimum absolute atomic E-state index is 0.338. The van der Waals surface area contributed by atoms with Crippen molar-refractivity contribution in [2.45, 2.75) is 25.8 Å². The molecule has 0 heterocycles. The van der Waals surface area contributed by atoms with Gasteiger partial charge in [-0.3, -0.25) is 0 Å². The molecule has 72 valence electrons. The van der Waals surface area contributed by atoms with Crippen LogP contribution in [0.15, 0.2) is 24.3 Å². The summed E-state index contributed by atoms with van der Waals surface area (Å²) in [6.07, 6.45) is 2.18. The van der Waals surface area contributed by atoms with Crippen LogP contribution in [0, 0.1) is 0 Å². The van der Waals surface area contributed by atoms with Crippen LogP contribution in [0.4, 0.5) is 0 Å². The molecule has 1 aromatic rings. The molecular weight excluding hydrogens is 162 g/mol. The fraction of sp³-hybridized carbons (Fsp3) is 0.455. The average molecular weight is 179 g/mol. The summed E-state index contributed by atoms with van der Waals surface area (Å²) in [4.78, 5) is 0. The first-order chi connectivity index (χ1) is 6.22. The molecule has 1 atom stereocenters. The maximum Gasteiger partial charge on any atom is 0.115 e. The van der Waals surface area contributed by atoms with E-state index in [0.29, 0.717) is 11.8 Å². The van der Waals surface area contributed by atoms with Gasteiger partial charge in [-0.05, 0) is 44.5 Å². The molecule has 0 saturated heterocycles. The predicted molar refractivity (Wildman–Crippen MR) is 54.9 cm³/mol. The number of phenolic OH excluding ortho intramolecular Hbond substituents is 1. The Labute approximate surface area is 79.6 Å². The van der Waals surface area contributed by atoms with Crippen molar-refractivity contribution in [3.8, 4) is 5.75 Å². The van der Waals surface area contributed by atoms with Crippen molar-refractivity contribution in [3.05, 3.63) is 29.8 Å². The SMILES string of the molecule is CNC(C)CCc1ccc(O)cc1. The van der Waals surface area contributed by atoms with E-state index in [1.165, 1.54) is 5.56 Å². The summed E-state index contributed by atoms with van der Waals surface area (Å²) < 4.78 is 0. The zero-order valence-corrected chi connectivity index (χ0v) is 8.25. The topological polar surface area (TPSA) is 32.3 Å². The third-order valence-electron chi connectivity index (χ3n) is 2.30. The van der Waals surface area contributed by atoms with E-state index in [4.69, 9.17) is 5.11 Å². The number of aromatic hydroxyl groups is 1. The summed E-state index contributed by atoms with van der Waals surface area (Å²) in [6, 6.07) is 7.96. The van der Waals surface area contributed by atoms with Gasteiger partial charge in [-0.15, -0.1) is 0 Å². The van der Waals surface area contributed by atoms with Gasteiger partial charge in [0.25, 0.3) is 0 Å². The molecule has 0 saturated carbocycles. The second-order valence-electron chi connectivity index (χ2n) is 3.39. The molecule has 0 bridgehead atoms. The van der Waals surface area contributed by atoms with Crippen LogP contribution in [0.1, 0.15) is 18.9 Å².